The summed E-state index contributed by atoms with van der Waals surface area (Å²) in [5.74, 6) is 0.109. The summed E-state index contributed by atoms with van der Waals surface area (Å²) < 4.78 is 10.5. The molecule has 0 aliphatic carbocycles. The average molecular weight is 391 g/mol. The van der Waals surface area contributed by atoms with E-state index in [9.17, 15) is 9.59 Å². The van der Waals surface area contributed by atoms with Gasteiger partial charge in [0.05, 0.1) is 24.6 Å². The van der Waals surface area contributed by atoms with Crippen molar-refractivity contribution in [1.29, 1.82) is 0 Å². The summed E-state index contributed by atoms with van der Waals surface area (Å²) in [4.78, 5) is 28.2. The predicted molar refractivity (Wildman–Crippen MR) is 109 cm³/mol. The highest BCUT2D eigenvalue weighted by atomic mass is 16.5. The molecule has 0 unspecified atom stereocenters. The van der Waals surface area contributed by atoms with Gasteiger partial charge >= 0.3 is 6.09 Å². The van der Waals surface area contributed by atoms with Gasteiger partial charge in [0.15, 0.2) is 0 Å². The summed E-state index contributed by atoms with van der Waals surface area (Å²) >= 11 is 0. The van der Waals surface area contributed by atoms with Gasteiger partial charge in [0.25, 0.3) is 5.91 Å². The van der Waals surface area contributed by atoms with Crippen molar-refractivity contribution >= 4 is 17.7 Å². The Morgan fingerprint density at radius 3 is 2.55 bits per heavy atom. The predicted octanol–water partition coefficient (Wildman–Crippen LogP) is 3.77. The van der Waals surface area contributed by atoms with E-state index in [-0.39, 0.29) is 12.5 Å². The van der Waals surface area contributed by atoms with Crippen LogP contribution in [0.2, 0.25) is 0 Å². The van der Waals surface area contributed by atoms with Crippen LogP contribution in [0.15, 0.2) is 73.1 Å². The molecule has 0 saturated carbocycles. The number of rotatable bonds is 7. The van der Waals surface area contributed by atoms with Crippen LogP contribution < -0.4 is 15.4 Å². The standard InChI is InChI=1S/C22H21N3O4/c1-28-22(27)24-13-17-9-10-20(29-15-16-6-3-2-4-7-16)19(12-17)21(26)25-18-8-5-11-23-14-18/h2-12,14H,13,15H2,1H3,(H,24,27)(H,25,26). The minimum Gasteiger partial charge on any atom is -0.488 e. The lowest BCUT2D eigenvalue weighted by Gasteiger charge is -2.14. The molecule has 148 valence electrons. The third-order valence-corrected chi connectivity index (χ3v) is 4.07. The van der Waals surface area contributed by atoms with Gasteiger partial charge in [0, 0.05) is 12.7 Å². The highest BCUT2D eigenvalue weighted by Crippen LogP contribution is 2.23. The smallest absolute Gasteiger partial charge is 0.407 e. The first-order valence-corrected chi connectivity index (χ1v) is 8.98. The lowest BCUT2D eigenvalue weighted by molar-refractivity contribution is 0.102. The highest BCUT2D eigenvalue weighted by molar-refractivity contribution is 6.06. The molecule has 2 amide bonds. The molecule has 3 rings (SSSR count). The van der Waals surface area contributed by atoms with Crippen LogP contribution in [-0.2, 0) is 17.9 Å². The van der Waals surface area contributed by atoms with E-state index in [4.69, 9.17) is 4.74 Å². The topological polar surface area (TPSA) is 89.5 Å². The molecule has 0 atom stereocenters. The van der Waals surface area contributed by atoms with Crippen LogP contribution in [0.3, 0.4) is 0 Å². The number of carbonyl (C=O) groups excluding carboxylic acids is 2. The van der Waals surface area contributed by atoms with E-state index < -0.39 is 6.09 Å². The molecule has 1 aromatic heterocycles. The van der Waals surface area contributed by atoms with Gasteiger partial charge in [0.1, 0.15) is 12.4 Å². The fraction of sp³-hybridized carbons (Fsp3) is 0.136. The summed E-state index contributed by atoms with van der Waals surface area (Å²) in [5, 5.41) is 5.40. The second kappa shape index (κ2) is 9.89. The zero-order valence-electron chi connectivity index (χ0n) is 15.9. The molecule has 2 aromatic carbocycles. The maximum absolute atomic E-state index is 12.9. The van der Waals surface area contributed by atoms with E-state index >= 15 is 0 Å². The summed E-state index contributed by atoms with van der Waals surface area (Å²) in [7, 11) is 1.29. The zero-order valence-corrected chi connectivity index (χ0v) is 15.9. The highest BCUT2D eigenvalue weighted by Gasteiger charge is 2.15. The van der Waals surface area contributed by atoms with Crippen LogP contribution in [-0.4, -0.2) is 24.1 Å². The van der Waals surface area contributed by atoms with Crippen LogP contribution in [0.25, 0.3) is 0 Å². The number of amides is 2. The molecular weight excluding hydrogens is 370 g/mol. The fourth-order valence-corrected chi connectivity index (χ4v) is 2.61. The van der Waals surface area contributed by atoms with Gasteiger partial charge in [0.2, 0.25) is 0 Å². The average Bonchev–Trinajstić information content (AvgIpc) is 2.77. The number of pyridine rings is 1. The number of hydrogen-bond acceptors (Lipinski definition) is 5. The van der Waals surface area contributed by atoms with E-state index in [1.165, 1.54) is 7.11 Å². The Balaban J connectivity index is 1.81. The number of hydrogen-bond donors (Lipinski definition) is 2. The molecule has 0 spiro atoms. The molecule has 1 heterocycles. The number of benzene rings is 2. The first-order valence-electron chi connectivity index (χ1n) is 8.98. The molecule has 3 aromatic rings. The Bertz CT molecular complexity index is 962. The quantitative estimate of drug-likeness (QED) is 0.640. The van der Waals surface area contributed by atoms with E-state index in [0.717, 1.165) is 11.1 Å². The molecular formula is C22H21N3O4. The fourth-order valence-electron chi connectivity index (χ4n) is 2.61. The minimum absolute atomic E-state index is 0.221. The number of nitrogens with one attached hydrogen (secondary N) is 2. The van der Waals surface area contributed by atoms with Gasteiger partial charge < -0.3 is 20.1 Å². The second-order valence-corrected chi connectivity index (χ2v) is 6.15. The van der Waals surface area contributed by atoms with Crippen LogP contribution in [0.1, 0.15) is 21.5 Å². The molecule has 0 aliphatic rings. The van der Waals surface area contributed by atoms with Crippen molar-refractivity contribution < 1.29 is 19.1 Å². The number of carbonyl (C=O) groups is 2. The molecule has 0 saturated heterocycles. The molecule has 29 heavy (non-hydrogen) atoms. The lowest BCUT2D eigenvalue weighted by Crippen LogP contribution is -2.22. The number of nitrogens with zero attached hydrogens (tertiary/aromatic N) is 1. The van der Waals surface area contributed by atoms with Gasteiger partial charge in [-0.05, 0) is 35.4 Å². The molecule has 0 bridgehead atoms. The first kappa shape index (κ1) is 19.9. The molecule has 2 N–H and O–H groups in total. The number of anilines is 1. The number of aromatic nitrogens is 1. The van der Waals surface area contributed by atoms with Gasteiger partial charge in [-0.1, -0.05) is 36.4 Å². The Kier molecular flexibility index (Phi) is 6.78. The van der Waals surface area contributed by atoms with Crippen LogP contribution in [0.5, 0.6) is 5.75 Å². The molecule has 0 fully saturated rings. The van der Waals surface area contributed by atoms with Crippen molar-refractivity contribution in [2.45, 2.75) is 13.2 Å². The van der Waals surface area contributed by atoms with E-state index in [1.54, 1.807) is 42.7 Å². The van der Waals surface area contributed by atoms with Gasteiger partial charge in [-0.15, -0.1) is 0 Å². The molecule has 0 aliphatic heterocycles. The third-order valence-electron chi connectivity index (χ3n) is 4.07. The Morgan fingerprint density at radius 2 is 1.83 bits per heavy atom. The minimum atomic E-state index is -0.546. The monoisotopic (exact) mass is 391 g/mol. The second-order valence-electron chi connectivity index (χ2n) is 6.15. The molecule has 0 radical (unpaired) electrons. The van der Waals surface area contributed by atoms with Crippen molar-refractivity contribution in [1.82, 2.24) is 10.3 Å². The summed E-state index contributed by atoms with van der Waals surface area (Å²) in [6.07, 6.45) is 2.64. The normalized spacial score (nSPS) is 10.1. The van der Waals surface area contributed by atoms with E-state index in [2.05, 4.69) is 20.4 Å². The van der Waals surface area contributed by atoms with Crippen LogP contribution in [0.4, 0.5) is 10.5 Å². The van der Waals surface area contributed by atoms with Crippen LogP contribution in [0, 0.1) is 0 Å². The Labute approximate surface area is 168 Å². The SMILES string of the molecule is COC(=O)NCc1ccc(OCc2ccccc2)c(C(=O)Nc2cccnc2)c1. The largest absolute Gasteiger partial charge is 0.488 e. The first-order chi connectivity index (χ1) is 14.2. The third kappa shape index (κ3) is 5.80. The number of alkyl carbamates (subject to hydrolysis) is 1. The maximum Gasteiger partial charge on any atom is 0.407 e. The van der Waals surface area contributed by atoms with Crippen LogP contribution >= 0.6 is 0 Å². The summed E-state index contributed by atoms with van der Waals surface area (Å²) in [5.41, 5.74) is 2.65. The van der Waals surface area contributed by atoms with Gasteiger partial charge in [-0.3, -0.25) is 9.78 Å². The summed E-state index contributed by atoms with van der Waals surface area (Å²) in [6.45, 7) is 0.548. The maximum atomic E-state index is 12.9. The lowest BCUT2D eigenvalue weighted by atomic mass is 10.1. The van der Waals surface area contributed by atoms with E-state index in [1.807, 2.05) is 30.3 Å². The zero-order chi connectivity index (χ0) is 20.5. The number of ether oxygens (including phenoxy) is 2. The summed E-state index contributed by atoms with van der Waals surface area (Å²) in [6, 6.07) is 18.4. The Hall–Kier alpha value is -3.87. The van der Waals surface area contributed by atoms with Crippen molar-refractivity contribution in [3.63, 3.8) is 0 Å². The van der Waals surface area contributed by atoms with Gasteiger partial charge in [-0.2, -0.15) is 0 Å². The molecule has 7 heteroatoms. The van der Waals surface area contributed by atoms with Crippen molar-refractivity contribution in [3.8, 4) is 5.75 Å². The van der Waals surface area contributed by atoms with Gasteiger partial charge in [-0.25, -0.2) is 4.79 Å². The van der Waals surface area contributed by atoms with E-state index in [0.29, 0.717) is 23.6 Å². The van der Waals surface area contributed by atoms with Crippen molar-refractivity contribution in [2.24, 2.45) is 0 Å². The van der Waals surface area contributed by atoms with Crippen molar-refractivity contribution in [2.75, 3.05) is 12.4 Å². The van der Waals surface area contributed by atoms with Crippen molar-refractivity contribution in [3.05, 3.63) is 89.7 Å². The number of methoxy groups -OCH3 is 1. The Morgan fingerprint density at radius 1 is 1.00 bits per heavy atom. The molecule has 7 nitrogen and oxygen atoms in total.